The normalized spacial score (nSPS) is 19.6. The topological polar surface area (TPSA) is 81.7 Å². The second kappa shape index (κ2) is 6.83. The van der Waals surface area contributed by atoms with Gasteiger partial charge in [-0.05, 0) is 28.1 Å². The molecule has 1 aliphatic heterocycles. The summed E-state index contributed by atoms with van der Waals surface area (Å²) in [5.41, 5.74) is 0.680. The minimum absolute atomic E-state index is 0.0694. The van der Waals surface area contributed by atoms with Crippen molar-refractivity contribution < 1.29 is 14.7 Å². The lowest BCUT2D eigenvalue weighted by atomic mass is 10.2. The summed E-state index contributed by atoms with van der Waals surface area (Å²) in [7, 11) is 0. The predicted molar refractivity (Wildman–Crippen MR) is 78.6 cm³/mol. The van der Waals surface area contributed by atoms with Gasteiger partial charge < -0.3 is 15.7 Å². The molecule has 1 amide bonds. The van der Waals surface area contributed by atoms with Gasteiger partial charge in [0.25, 0.3) is 0 Å². The number of carbonyl (C=O) groups excluding carboxylic acids is 1. The molecule has 1 fully saturated rings. The summed E-state index contributed by atoms with van der Waals surface area (Å²) in [4.78, 5) is 24.8. The van der Waals surface area contributed by atoms with Crippen molar-refractivity contribution in [3.63, 3.8) is 0 Å². The Morgan fingerprint density at radius 1 is 1.45 bits per heavy atom. The molecule has 3 N–H and O–H groups in total. The molecule has 0 bridgehead atoms. The number of carbonyl (C=O) groups is 2. The van der Waals surface area contributed by atoms with Gasteiger partial charge in [-0.3, -0.25) is 14.5 Å². The first-order valence-corrected chi connectivity index (χ1v) is 7.09. The molecule has 2 rings (SSSR count). The zero-order valence-corrected chi connectivity index (χ0v) is 12.4. The van der Waals surface area contributed by atoms with Gasteiger partial charge in [0.15, 0.2) is 0 Å². The highest BCUT2D eigenvalue weighted by Gasteiger charge is 2.29. The van der Waals surface area contributed by atoms with Gasteiger partial charge in [-0.25, -0.2) is 0 Å². The molecule has 0 spiro atoms. The van der Waals surface area contributed by atoms with Gasteiger partial charge >= 0.3 is 5.97 Å². The second-order valence-corrected chi connectivity index (χ2v) is 5.41. The zero-order valence-electron chi connectivity index (χ0n) is 10.8. The minimum Gasteiger partial charge on any atom is -0.480 e. The number of hydrogen-bond donors (Lipinski definition) is 3. The first kappa shape index (κ1) is 15.0. The van der Waals surface area contributed by atoms with E-state index in [0.717, 1.165) is 4.47 Å². The Hall–Kier alpha value is -1.44. The molecular formula is C13H16BrN3O3. The minimum atomic E-state index is -0.911. The molecular weight excluding hydrogens is 326 g/mol. The monoisotopic (exact) mass is 341 g/mol. The highest BCUT2D eigenvalue weighted by Crippen LogP contribution is 2.21. The number of nitrogens with zero attached hydrogens (tertiary/aromatic N) is 1. The first-order chi connectivity index (χ1) is 9.58. The highest BCUT2D eigenvalue weighted by atomic mass is 79.9. The fourth-order valence-electron chi connectivity index (χ4n) is 2.12. The quantitative estimate of drug-likeness (QED) is 0.752. The van der Waals surface area contributed by atoms with Crippen LogP contribution in [0.3, 0.4) is 0 Å². The average Bonchev–Trinajstić information content (AvgIpc) is 2.41. The number of hydrogen-bond acceptors (Lipinski definition) is 4. The molecule has 0 saturated carbocycles. The van der Waals surface area contributed by atoms with E-state index in [1.165, 1.54) is 0 Å². The number of amides is 1. The van der Waals surface area contributed by atoms with Crippen LogP contribution in [-0.2, 0) is 9.59 Å². The SMILES string of the molecule is O=C(CN1CCNCC1C(=O)O)Nc1ccccc1Br. The van der Waals surface area contributed by atoms with Gasteiger partial charge in [-0.1, -0.05) is 12.1 Å². The highest BCUT2D eigenvalue weighted by molar-refractivity contribution is 9.10. The Morgan fingerprint density at radius 3 is 2.90 bits per heavy atom. The molecule has 1 aromatic carbocycles. The Labute approximate surface area is 125 Å². The van der Waals surface area contributed by atoms with Crippen LogP contribution in [0.1, 0.15) is 0 Å². The van der Waals surface area contributed by atoms with Crippen LogP contribution in [0.2, 0.25) is 0 Å². The van der Waals surface area contributed by atoms with Crippen molar-refractivity contribution >= 4 is 33.5 Å². The maximum absolute atomic E-state index is 12.0. The van der Waals surface area contributed by atoms with E-state index in [9.17, 15) is 9.59 Å². The molecule has 20 heavy (non-hydrogen) atoms. The van der Waals surface area contributed by atoms with Crippen LogP contribution in [-0.4, -0.2) is 54.1 Å². The Bertz CT molecular complexity index is 509. The third-order valence-electron chi connectivity index (χ3n) is 3.13. The Morgan fingerprint density at radius 2 is 2.20 bits per heavy atom. The van der Waals surface area contributed by atoms with Crippen LogP contribution < -0.4 is 10.6 Å². The number of rotatable bonds is 4. The lowest BCUT2D eigenvalue weighted by molar-refractivity contribution is -0.144. The van der Waals surface area contributed by atoms with E-state index in [1.54, 1.807) is 11.0 Å². The molecule has 1 aliphatic rings. The van der Waals surface area contributed by atoms with E-state index in [2.05, 4.69) is 26.6 Å². The molecule has 108 valence electrons. The van der Waals surface area contributed by atoms with Crippen molar-refractivity contribution in [2.75, 3.05) is 31.5 Å². The summed E-state index contributed by atoms with van der Waals surface area (Å²) >= 11 is 3.35. The van der Waals surface area contributed by atoms with Crippen LogP contribution in [0.15, 0.2) is 28.7 Å². The Balaban J connectivity index is 1.96. The third-order valence-corrected chi connectivity index (χ3v) is 3.83. The van der Waals surface area contributed by atoms with Gasteiger partial charge in [-0.15, -0.1) is 0 Å². The van der Waals surface area contributed by atoms with E-state index in [1.807, 2.05) is 18.2 Å². The van der Waals surface area contributed by atoms with Crippen LogP contribution in [0.4, 0.5) is 5.69 Å². The van der Waals surface area contributed by atoms with Gasteiger partial charge in [0.1, 0.15) is 6.04 Å². The lowest BCUT2D eigenvalue weighted by Crippen LogP contribution is -2.56. The van der Waals surface area contributed by atoms with Crippen LogP contribution >= 0.6 is 15.9 Å². The summed E-state index contributed by atoms with van der Waals surface area (Å²) in [6.45, 7) is 1.66. The van der Waals surface area contributed by atoms with Gasteiger partial charge in [-0.2, -0.15) is 0 Å². The summed E-state index contributed by atoms with van der Waals surface area (Å²) < 4.78 is 0.795. The number of nitrogens with one attached hydrogen (secondary N) is 2. The number of carboxylic acids is 1. The number of piperazine rings is 1. The molecule has 0 radical (unpaired) electrons. The maximum Gasteiger partial charge on any atom is 0.322 e. The van der Waals surface area contributed by atoms with Crippen molar-refractivity contribution in [2.24, 2.45) is 0 Å². The van der Waals surface area contributed by atoms with Crippen molar-refractivity contribution in [1.29, 1.82) is 0 Å². The number of anilines is 1. The smallest absolute Gasteiger partial charge is 0.322 e. The predicted octanol–water partition coefficient (Wildman–Crippen LogP) is 0.746. The van der Waals surface area contributed by atoms with E-state index < -0.39 is 12.0 Å². The average molecular weight is 342 g/mol. The Kier molecular flexibility index (Phi) is 5.11. The van der Waals surface area contributed by atoms with Crippen LogP contribution in [0.5, 0.6) is 0 Å². The van der Waals surface area contributed by atoms with Crippen molar-refractivity contribution in [3.8, 4) is 0 Å². The molecule has 1 saturated heterocycles. The fourth-order valence-corrected chi connectivity index (χ4v) is 2.50. The number of carboxylic acid groups (broad SMARTS) is 1. The lowest BCUT2D eigenvalue weighted by Gasteiger charge is -2.32. The first-order valence-electron chi connectivity index (χ1n) is 6.30. The fraction of sp³-hybridized carbons (Fsp3) is 0.385. The molecule has 1 atom stereocenters. The summed E-state index contributed by atoms with van der Waals surface area (Å²) in [6.07, 6.45) is 0. The number of halogens is 1. The molecule has 0 aromatic heterocycles. The van der Waals surface area contributed by atoms with Gasteiger partial charge in [0.2, 0.25) is 5.91 Å². The van der Waals surface area contributed by atoms with Crippen molar-refractivity contribution in [3.05, 3.63) is 28.7 Å². The van der Waals surface area contributed by atoms with Crippen molar-refractivity contribution in [1.82, 2.24) is 10.2 Å². The number of benzene rings is 1. The second-order valence-electron chi connectivity index (χ2n) is 4.56. The third kappa shape index (κ3) is 3.78. The molecule has 1 unspecified atom stereocenters. The van der Waals surface area contributed by atoms with E-state index >= 15 is 0 Å². The van der Waals surface area contributed by atoms with Gasteiger partial charge in [0.05, 0.1) is 12.2 Å². The molecule has 0 aliphatic carbocycles. The summed E-state index contributed by atoms with van der Waals surface area (Å²) in [6, 6.07) is 6.64. The van der Waals surface area contributed by atoms with Crippen LogP contribution in [0.25, 0.3) is 0 Å². The van der Waals surface area contributed by atoms with Crippen molar-refractivity contribution in [2.45, 2.75) is 6.04 Å². The molecule has 1 aromatic rings. The van der Waals surface area contributed by atoms with Gasteiger partial charge in [0, 0.05) is 24.1 Å². The van der Waals surface area contributed by atoms with E-state index in [4.69, 9.17) is 5.11 Å². The largest absolute Gasteiger partial charge is 0.480 e. The van der Waals surface area contributed by atoms with E-state index in [0.29, 0.717) is 25.3 Å². The number of para-hydroxylation sites is 1. The van der Waals surface area contributed by atoms with E-state index in [-0.39, 0.29) is 12.5 Å². The number of aliphatic carboxylic acids is 1. The summed E-state index contributed by atoms with van der Waals surface area (Å²) in [5, 5.41) is 14.9. The molecule has 7 heteroatoms. The molecule has 6 nitrogen and oxygen atoms in total. The van der Waals surface area contributed by atoms with Crippen LogP contribution in [0, 0.1) is 0 Å². The zero-order chi connectivity index (χ0) is 14.5. The summed E-state index contributed by atoms with van der Waals surface area (Å²) in [5.74, 6) is -1.13. The maximum atomic E-state index is 12.0. The molecule has 1 heterocycles. The standard InChI is InChI=1S/C13H16BrN3O3/c14-9-3-1-2-4-10(9)16-12(18)8-17-6-5-15-7-11(17)13(19)20/h1-4,11,15H,5-8H2,(H,16,18)(H,19,20).